The maximum Gasteiger partial charge on any atom is 0.269 e. The van der Waals surface area contributed by atoms with Gasteiger partial charge in [0.05, 0.1) is 7.11 Å². The summed E-state index contributed by atoms with van der Waals surface area (Å²) in [5, 5.41) is 10.6. The van der Waals surface area contributed by atoms with E-state index in [1.807, 2.05) is 17.5 Å². The van der Waals surface area contributed by atoms with Gasteiger partial charge in [0, 0.05) is 18.3 Å². The lowest BCUT2D eigenvalue weighted by Crippen LogP contribution is -2.25. The van der Waals surface area contributed by atoms with E-state index in [1.165, 1.54) is 11.3 Å². The van der Waals surface area contributed by atoms with E-state index in [4.69, 9.17) is 9.84 Å². The van der Waals surface area contributed by atoms with Gasteiger partial charge in [-0.05, 0) is 35.7 Å². The molecule has 0 aliphatic carbocycles. The van der Waals surface area contributed by atoms with E-state index in [1.54, 1.807) is 37.3 Å². The Labute approximate surface area is 127 Å². The number of aliphatic hydroxyl groups excluding tert-OH is 1. The summed E-state index contributed by atoms with van der Waals surface area (Å²) in [6.45, 7) is -0.224. The fraction of sp³-hybridized carbons (Fsp3) is 0.188. The lowest BCUT2D eigenvalue weighted by atomic mass is 10.2. The molecular formula is C16H15NO3S. The van der Waals surface area contributed by atoms with Crippen molar-refractivity contribution in [3.05, 3.63) is 46.2 Å². The van der Waals surface area contributed by atoms with Crippen molar-refractivity contribution in [1.82, 2.24) is 0 Å². The second-order valence-corrected chi connectivity index (χ2v) is 5.10. The highest BCUT2D eigenvalue weighted by Gasteiger charge is 2.17. The second-order valence-electron chi connectivity index (χ2n) is 4.19. The molecular weight excluding hydrogens is 286 g/mol. The summed E-state index contributed by atoms with van der Waals surface area (Å²) in [5.74, 6) is 5.97. The van der Waals surface area contributed by atoms with Crippen molar-refractivity contribution in [3.63, 3.8) is 0 Å². The van der Waals surface area contributed by atoms with E-state index in [9.17, 15) is 4.79 Å². The van der Waals surface area contributed by atoms with Gasteiger partial charge in [-0.15, -0.1) is 11.3 Å². The molecule has 0 atom stereocenters. The molecule has 5 heteroatoms. The maximum absolute atomic E-state index is 12.5. The second kappa shape index (κ2) is 6.93. The normalized spacial score (nSPS) is 9.67. The number of rotatable bonds is 3. The van der Waals surface area contributed by atoms with Crippen LogP contribution in [0.2, 0.25) is 0 Å². The molecule has 1 heterocycles. The summed E-state index contributed by atoms with van der Waals surface area (Å²) in [7, 11) is 3.31. The molecule has 0 saturated carbocycles. The van der Waals surface area contributed by atoms with Gasteiger partial charge in [0.15, 0.2) is 0 Å². The molecule has 1 N–H and O–H groups in total. The summed E-state index contributed by atoms with van der Waals surface area (Å²) in [5.41, 5.74) is 1.41. The fourth-order valence-corrected chi connectivity index (χ4v) is 2.61. The molecule has 4 nitrogen and oxygen atoms in total. The highest BCUT2D eigenvalue weighted by atomic mass is 32.1. The highest BCUT2D eigenvalue weighted by Crippen LogP contribution is 2.23. The number of thiophene rings is 1. The number of carbonyl (C=O) groups excluding carboxylic acids is 1. The van der Waals surface area contributed by atoms with E-state index < -0.39 is 0 Å². The molecule has 1 amide bonds. The van der Waals surface area contributed by atoms with Gasteiger partial charge < -0.3 is 14.7 Å². The number of carbonyl (C=O) groups is 1. The van der Waals surface area contributed by atoms with E-state index in [2.05, 4.69) is 11.8 Å². The average molecular weight is 301 g/mol. The van der Waals surface area contributed by atoms with Crippen molar-refractivity contribution < 1.29 is 14.6 Å². The van der Waals surface area contributed by atoms with Gasteiger partial charge >= 0.3 is 0 Å². The van der Waals surface area contributed by atoms with Crippen LogP contribution in [-0.2, 0) is 0 Å². The largest absolute Gasteiger partial charge is 0.497 e. The number of amides is 1. The van der Waals surface area contributed by atoms with Crippen LogP contribution in [0.4, 0.5) is 5.69 Å². The summed E-state index contributed by atoms with van der Waals surface area (Å²) in [4.78, 5) is 14.6. The molecule has 1 aromatic carbocycles. The van der Waals surface area contributed by atoms with Crippen LogP contribution in [0, 0.1) is 11.8 Å². The van der Waals surface area contributed by atoms with Crippen LogP contribution in [-0.4, -0.2) is 31.8 Å². The van der Waals surface area contributed by atoms with Crippen molar-refractivity contribution in [2.75, 3.05) is 25.7 Å². The molecule has 0 aliphatic heterocycles. The Morgan fingerprint density at radius 3 is 2.67 bits per heavy atom. The van der Waals surface area contributed by atoms with Crippen LogP contribution in [0.25, 0.3) is 0 Å². The Hall–Kier alpha value is -2.29. The lowest BCUT2D eigenvalue weighted by molar-refractivity contribution is 0.0996. The summed E-state index contributed by atoms with van der Waals surface area (Å²) >= 11 is 1.34. The monoisotopic (exact) mass is 301 g/mol. The highest BCUT2D eigenvalue weighted by molar-refractivity contribution is 7.12. The van der Waals surface area contributed by atoms with Crippen LogP contribution in [0.15, 0.2) is 35.7 Å². The first-order valence-corrected chi connectivity index (χ1v) is 7.14. The Balaban J connectivity index is 2.24. The van der Waals surface area contributed by atoms with Crippen molar-refractivity contribution in [2.45, 2.75) is 0 Å². The zero-order chi connectivity index (χ0) is 15.2. The smallest absolute Gasteiger partial charge is 0.269 e. The van der Waals surface area contributed by atoms with Crippen LogP contribution in [0.5, 0.6) is 5.75 Å². The summed E-state index contributed by atoms with van der Waals surface area (Å²) in [6.07, 6.45) is 0. The molecule has 2 aromatic rings. The molecule has 0 bridgehead atoms. The third-order valence-electron chi connectivity index (χ3n) is 2.93. The molecule has 0 saturated heterocycles. The average Bonchev–Trinajstić information content (AvgIpc) is 3.00. The molecule has 108 valence electrons. The van der Waals surface area contributed by atoms with Gasteiger partial charge in [0.1, 0.15) is 17.2 Å². The predicted octanol–water partition coefficient (Wildman–Crippen LogP) is 2.38. The molecule has 21 heavy (non-hydrogen) atoms. The van der Waals surface area contributed by atoms with Gasteiger partial charge in [0.25, 0.3) is 5.91 Å². The number of benzene rings is 1. The molecule has 1 aromatic heterocycles. The van der Waals surface area contributed by atoms with Gasteiger partial charge in [-0.25, -0.2) is 0 Å². The number of anilines is 1. The van der Waals surface area contributed by atoms with Gasteiger partial charge in [-0.3, -0.25) is 4.79 Å². The first-order valence-electron chi connectivity index (χ1n) is 6.26. The number of aliphatic hydroxyl groups is 1. The third kappa shape index (κ3) is 3.43. The van der Waals surface area contributed by atoms with Crippen molar-refractivity contribution in [3.8, 4) is 17.6 Å². The lowest BCUT2D eigenvalue weighted by Gasteiger charge is -2.17. The van der Waals surface area contributed by atoms with Crippen LogP contribution >= 0.6 is 11.3 Å². The minimum Gasteiger partial charge on any atom is -0.497 e. The van der Waals surface area contributed by atoms with Crippen molar-refractivity contribution >= 4 is 22.9 Å². The van der Waals surface area contributed by atoms with Crippen molar-refractivity contribution in [1.29, 1.82) is 0 Å². The third-order valence-corrected chi connectivity index (χ3v) is 3.83. The molecule has 0 fully saturated rings. The maximum atomic E-state index is 12.5. The summed E-state index contributed by atoms with van der Waals surface area (Å²) < 4.78 is 5.10. The van der Waals surface area contributed by atoms with E-state index in [-0.39, 0.29) is 12.5 Å². The zero-order valence-corrected chi connectivity index (χ0v) is 12.6. The summed E-state index contributed by atoms with van der Waals surface area (Å²) in [6, 6.07) is 9.04. The molecule has 2 rings (SSSR count). The molecule has 0 unspecified atom stereocenters. The minimum absolute atomic E-state index is 0.127. The quantitative estimate of drug-likeness (QED) is 0.886. The molecule has 0 aliphatic rings. The predicted molar refractivity (Wildman–Crippen MR) is 84.0 cm³/mol. The van der Waals surface area contributed by atoms with Gasteiger partial charge in [-0.1, -0.05) is 11.8 Å². The molecule has 0 spiro atoms. The van der Waals surface area contributed by atoms with E-state index >= 15 is 0 Å². The molecule has 0 radical (unpaired) electrons. The number of hydrogen-bond donors (Lipinski definition) is 1. The zero-order valence-electron chi connectivity index (χ0n) is 11.8. The minimum atomic E-state index is -0.224. The van der Waals surface area contributed by atoms with Crippen LogP contribution < -0.4 is 9.64 Å². The van der Waals surface area contributed by atoms with Crippen LogP contribution in [0.1, 0.15) is 15.2 Å². The number of hydrogen-bond acceptors (Lipinski definition) is 4. The van der Waals surface area contributed by atoms with Crippen molar-refractivity contribution in [2.24, 2.45) is 0 Å². The Morgan fingerprint density at radius 2 is 2.05 bits per heavy atom. The topological polar surface area (TPSA) is 49.8 Å². The van der Waals surface area contributed by atoms with Gasteiger partial charge in [-0.2, -0.15) is 0 Å². The Kier molecular flexibility index (Phi) is 4.99. The number of nitrogens with zero attached hydrogens (tertiary/aromatic N) is 1. The number of ether oxygens (including phenoxy) is 1. The SMILES string of the molecule is COc1ccc(N(C)C(=O)c2sccc2C#CCO)cc1. The van der Waals surface area contributed by atoms with Crippen LogP contribution in [0.3, 0.4) is 0 Å². The van der Waals surface area contributed by atoms with E-state index in [0.717, 1.165) is 11.4 Å². The number of methoxy groups -OCH3 is 1. The standard InChI is InChI=1S/C16H15NO3S/c1-17(13-5-7-14(20-2)8-6-13)16(19)15-12(4-3-10-18)9-11-21-15/h5-9,11,18H,10H2,1-2H3. The first kappa shape index (κ1) is 15.1. The van der Waals surface area contributed by atoms with Gasteiger partial charge in [0.2, 0.25) is 0 Å². The van der Waals surface area contributed by atoms with E-state index in [0.29, 0.717) is 10.4 Å². The first-order chi connectivity index (χ1) is 10.2. The fourth-order valence-electron chi connectivity index (χ4n) is 1.78. The Morgan fingerprint density at radius 1 is 1.33 bits per heavy atom. The Bertz CT molecular complexity index is 680.